The molecule has 2 aliphatic heterocycles. The molecule has 0 radical (unpaired) electrons. The number of piperazine rings is 1. The topological polar surface area (TPSA) is 45.3 Å². The highest BCUT2D eigenvalue weighted by Crippen LogP contribution is 2.49. The lowest BCUT2D eigenvalue weighted by molar-refractivity contribution is -0.146. The minimum absolute atomic E-state index is 0.0148. The van der Waals surface area contributed by atoms with Crippen LogP contribution in [-0.2, 0) is 19.7 Å². The molecule has 2 aromatic carbocycles. The van der Waals surface area contributed by atoms with Gasteiger partial charge in [0.2, 0.25) is 0 Å². The molecule has 0 aromatic heterocycles. The van der Waals surface area contributed by atoms with Crippen molar-refractivity contribution >= 4 is 38.3 Å². The number of halogens is 1. The van der Waals surface area contributed by atoms with E-state index in [2.05, 4.69) is 52.9 Å². The molecule has 0 aliphatic carbocycles. The van der Waals surface area contributed by atoms with Crippen LogP contribution in [0.15, 0.2) is 52.3 Å². The summed E-state index contributed by atoms with van der Waals surface area (Å²) in [6, 6.07) is 14.4. The van der Waals surface area contributed by atoms with Gasteiger partial charge in [-0.2, -0.15) is 0 Å². The highest BCUT2D eigenvalue weighted by molar-refractivity contribution is 7.99. The number of para-hydroxylation sites is 1. The lowest BCUT2D eigenvalue weighted by atomic mass is 10.1. The number of anilines is 2. The van der Waals surface area contributed by atoms with Crippen molar-refractivity contribution < 1.29 is 18.7 Å². The molecule has 9 heteroatoms. The largest absolute Gasteiger partial charge is 0.467 e. The van der Waals surface area contributed by atoms with Gasteiger partial charge in [-0.05, 0) is 49.7 Å². The molecular weight excluding hydrogens is 484 g/mol. The van der Waals surface area contributed by atoms with Crippen LogP contribution in [0.4, 0.5) is 15.8 Å². The first-order chi connectivity index (χ1) is 16.8. The zero-order valence-corrected chi connectivity index (χ0v) is 22.5. The van der Waals surface area contributed by atoms with Gasteiger partial charge in [-0.3, -0.25) is 4.90 Å². The summed E-state index contributed by atoms with van der Waals surface area (Å²) in [5.74, 6) is -0.337. The van der Waals surface area contributed by atoms with E-state index in [0.717, 1.165) is 57.9 Å². The Hall–Kier alpha value is -1.70. The third kappa shape index (κ3) is 6.95. The number of nitrogens with zero attached hydrogens (tertiary/aromatic N) is 3. The van der Waals surface area contributed by atoms with Gasteiger partial charge in [-0.25, -0.2) is 9.18 Å². The Kier molecular flexibility index (Phi) is 9.06. The Balaban J connectivity index is 1.30. The normalized spacial score (nSPS) is 18.0. The number of carbonyl (C=O) groups is 1. The van der Waals surface area contributed by atoms with Crippen molar-refractivity contribution in [2.75, 3.05) is 71.0 Å². The zero-order chi connectivity index (χ0) is 24.8. The van der Waals surface area contributed by atoms with Crippen LogP contribution >= 0.6 is 21.0 Å². The van der Waals surface area contributed by atoms with Gasteiger partial charge in [0, 0.05) is 49.1 Å². The van der Waals surface area contributed by atoms with E-state index >= 15 is 0 Å². The highest BCUT2D eigenvalue weighted by Gasteiger charge is 2.27. The Morgan fingerprint density at radius 1 is 1.03 bits per heavy atom. The number of fused-ring (bicyclic) bond motifs is 2. The molecular formula is C26H35FN3O3PS. The number of carbonyl (C=O) groups excluding carboxylic acids is 1. The van der Waals surface area contributed by atoms with Crippen molar-refractivity contribution in [1.29, 1.82) is 0 Å². The van der Waals surface area contributed by atoms with E-state index in [9.17, 15) is 9.18 Å². The lowest BCUT2D eigenvalue weighted by Gasteiger charge is -2.36. The maximum atomic E-state index is 14.7. The molecule has 0 bridgehead atoms. The SMILES string of the molecule is COC(=O)COCCN1CCN(CCCN2c3ccccc3Sc3ccc(C(C)(F)P)cc32)CC1. The number of esters is 1. The van der Waals surface area contributed by atoms with Crippen LogP contribution in [0, 0.1) is 0 Å². The molecule has 1 saturated heterocycles. The highest BCUT2D eigenvalue weighted by atomic mass is 32.2. The predicted molar refractivity (Wildman–Crippen MR) is 143 cm³/mol. The number of benzene rings is 2. The molecule has 1 fully saturated rings. The minimum Gasteiger partial charge on any atom is -0.467 e. The Morgan fingerprint density at radius 3 is 2.43 bits per heavy atom. The van der Waals surface area contributed by atoms with Gasteiger partial charge in [0.05, 0.1) is 25.1 Å². The maximum Gasteiger partial charge on any atom is 0.331 e. The number of methoxy groups -OCH3 is 1. The minimum atomic E-state index is -1.45. The summed E-state index contributed by atoms with van der Waals surface area (Å²) in [6.45, 7) is 8.93. The van der Waals surface area contributed by atoms with Gasteiger partial charge in [0.15, 0.2) is 0 Å². The fourth-order valence-corrected chi connectivity index (χ4v) is 5.73. The molecule has 0 spiro atoms. The molecule has 2 aliphatic rings. The average Bonchev–Trinajstić information content (AvgIpc) is 2.86. The lowest BCUT2D eigenvalue weighted by Crippen LogP contribution is -2.47. The van der Waals surface area contributed by atoms with Crippen molar-refractivity contribution in [1.82, 2.24) is 9.80 Å². The summed E-state index contributed by atoms with van der Waals surface area (Å²) in [4.78, 5) is 20.8. The van der Waals surface area contributed by atoms with E-state index in [1.165, 1.54) is 22.6 Å². The monoisotopic (exact) mass is 519 g/mol. The third-order valence-corrected chi connectivity index (χ3v) is 7.97. The van der Waals surface area contributed by atoms with Crippen molar-refractivity contribution in [3.05, 3.63) is 48.0 Å². The van der Waals surface area contributed by atoms with Crippen LogP contribution in [0.3, 0.4) is 0 Å². The number of ether oxygens (including phenoxy) is 2. The van der Waals surface area contributed by atoms with Gasteiger partial charge >= 0.3 is 5.97 Å². The molecule has 0 amide bonds. The fourth-order valence-electron chi connectivity index (χ4n) is 4.47. The Morgan fingerprint density at radius 2 is 1.71 bits per heavy atom. The van der Waals surface area contributed by atoms with E-state index in [1.807, 2.05) is 18.2 Å². The molecule has 6 nitrogen and oxygen atoms in total. The zero-order valence-electron chi connectivity index (χ0n) is 20.5. The summed E-state index contributed by atoms with van der Waals surface area (Å²) in [7, 11) is 3.68. The summed E-state index contributed by atoms with van der Waals surface area (Å²) in [6.07, 6.45) is 1.03. The van der Waals surface area contributed by atoms with Crippen molar-refractivity contribution in [2.24, 2.45) is 0 Å². The molecule has 0 saturated carbocycles. The van der Waals surface area contributed by atoms with Crippen LogP contribution < -0.4 is 4.90 Å². The Labute approximate surface area is 214 Å². The first-order valence-corrected chi connectivity index (χ1v) is 13.5. The average molecular weight is 520 g/mol. The van der Waals surface area contributed by atoms with Gasteiger partial charge in [-0.15, -0.1) is 0 Å². The fraction of sp³-hybridized carbons (Fsp3) is 0.500. The Bertz CT molecular complexity index is 1010. The second-order valence-electron chi connectivity index (χ2n) is 9.15. The quantitative estimate of drug-likeness (QED) is 0.260. The van der Waals surface area contributed by atoms with Gasteiger partial charge < -0.3 is 19.3 Å². The molecule has 2 atom stereocenters. The summed E-state index contributed by atoms with van der Waals surface area (Å²) >= 11 is 1.76. The summed E-state index contributed by atoms with van der Waals surface area (Å²) in [5.41, 5.74) is 2.97. The van der Waals surface area contributed by atoms with Gasteiger partial charge in [-0.1, -0.05) is 39.2 Å². The van der Waals surface area contributed by atoms with E-state index in [-0.39, 0.29) is 12.6 Å². The van der Waals surface area contributed by atoms with Gasteiger partial charge in [0.1, 0.15) is 12.0 Å². The number of hydrogen-bond acceptors (Lipinski definition) is 7. The summed E-state index contributed by atoms with van der Waals surface area (Å²) in [5, 5.41) is -1.45. The van der Waals surface area contributed by atoms with Gasteiger partial charge in [0.25, 0.3) is 0 Å². The first kappa shape index (κ1) is 26.4. The number of hydrogen-bond donors (Lipinski definition) is 0. The van der Waals surface area contributed by atoms with Crippen molar-refractivity contribution in [3.8, 4) is 0 Å². The maximum absolute atomic E-state index is 14.7. The van der Waals surface area contributed by atoms with Crippen LogP contribution in [0.25, 0.3) is 0 Å². The smallest absolute Gasteiger partial charge is 0.331 e. The molecule has 35 heavy (non-hydrogen) atoms. The van der Waals surface area contributed by atoms with E-state index in [1.54, 1.807) is 18.7 Å². The third-order valence-electron chi connectivity index (χ3n) is 6.51. The molecule has 2 unspecified atom stereocenters. The van der Waals surface area contributed by atoms with Crippen LogP contribution in [0.2, 0.25) is 0 Å². The van der Waals surface area contributed by atoms with Crippen LogP contribution in [0.5, 0.6) is 0 Å². The first-order valence-electron chi connectivity index (χ1n) is 12.1. The van der Waals surface area contributed by atoms with Crippen molar-refractivity contribution in [3.63, 3.8) is 0 Å². The predicted octanol–water partition coefficient (Wildman–Crippen LogP) is 4.50. The van der Waals surface area contributed by atoms with Crippen molar-refractivity contribution in [2.45, 2.75) is 28.5 Å². The molecule has 2 heterocycles. The second kappa shape index (κ2) is 12.0. The summed E-state index contributed by atoms with van der Waals surface area (Å²) < 4.78 is 24.7. The number of alkyl halides is 1. The van der Waals surface area contributed by atoms with E-state index in [0.29, 0.717) is 12.2 Å². The molecule has 190 valence electrons. The number of rotatable bonds is 10. The van der Waals surface area contributed by atoms with E-state index in [4.69, 9.17) is 4.74 Å². The standard InChI is InChI=1S/C26H35FN3O3PS/c1-26(27,34)20-8-9-24-22(18-20)30(21-6-3-4-7-23(21)35-24)11-5-10-28-12-14-29(15-13-28)16-17-33-19-25(31)32-2/h3-4,6-9,18H,5,10-17,19,34H2,1-2H3. The molecule has 4 rings (SSSR count). The van der Waals surface area contributed by atoms with E-state index < -0.39 is 5.41 Å². The van der Waals surface area contributed by atoms with Crippen LogP contribution in [-0.4, -0.2) is 81.9 Å². The molecule has 0 N–H and O–H groups in total. The second-order valence-corrected chi connectivity index (χ2v) is 11.3. The molecule has 2 aromatic rings. The van der Waals surface area contributed by atoms with Crippen LogP contribution in [0.1, 0.15) is 18.9 Å².